The van der Waals surface area contributed by atoms with E-state index < -0.39 is 0 Å². The van der Waals surface area contributed by atoms with Gasteiger partial charge >= 0.3 is 0 Å². The number of hydrogen-bond donors (Lipinski definition) is 0. The van der Waals surface area contributed by atoms with Crippen LogP contribution >= 0.6 is 23.1 Å². The quantitative estimate of drug-likeness (QED) is 0.838. The maximum Gasteiger partial charge on any atom is 0.205 e. The van der Waals surface area contributed by atoms with Crippen molar-refractivity contribution in [2.75, 3.05) is 49.7 Å². The predicted octanol–water partition coefficient (Wildman–Crippen LogP) is 2.71. The summed E-state index contributed by atoms with van der Waals surface area (Å²) in [5.41, 5.74) is 1.19. The summed E-state index contributed by atoms with van der Waals surface area (Å²) in [5.74, 6) is 0.874. The lowest BCUT2D eigenvalue weighted by Gasteiger charge is -2.35. The number of nitrogens with zero attached hydrogens (tertiary/aromatic N) is 4. The van der Waals surface area contributed by atoms with Gasteiger partial charge < -0.3 is 14.5 Å². The Hall–Kier alpha value is -1.37. The lowest BCUT2D eigenvalue weighted by Crippen LogP contribution is -2.46. The molecular formula is C15H19ClN4OS. The van der Waals surface area contributed by atoms with Crippen molar-refractivity contribution in [1.29, 1.82) is 0 Å². The average molecular weight is 339 g/mol. The molecular weight excluding hydrogens is 320 g/mol. The standard InChI is InChI=1S/C15H19ClN4OS/c1-21-10-5-14-17-15(22-18-14)20-8-6-19(7-9-20)13-4-2-3-12(16)11-13/h2-4,11H,5-10H2,1H3. The summed E-state index contributed by atoms with van der Waals surface area (Å²) in [6.07, 6.45) is 0.773. The second kappa shape index (κ2) is 7.26. The number of methoxy groups -OCH3 is 1. The summed E-state index contributed by atoms with van der Waals surface area (Å²) in [4.78, 5) is 9.25. The van der Waals surface area contributed by atoms with Crippen LogP contribution in [-0.2, 0) is 11.2 Å². The summed E-state index contributed by atoms with van der Waals surface area (Å²) in [6.45, 7) is 4.50. The second-order valence-corrected chi connectivity index (χ2v) is 6.36. The highest BCUT2D eigenvalue weighted by molar-refractivity contribution is 7.09. The van der Waals surface area contributed by atoms with Crippen LogP contribution in [0.2, 0.25) is 5.02 Å². The van der Waals surface area contributed by atoms with Crippen LogP contribution in [0.25, 0.3) is 0 Å². The molecule has 0 N–H and O–H groups in total. The average Bonchev–Trinajstić information content (AvgIpc) is 3.02. The number of aromatic nitrogens is 2. The third kappa shape index (κ3) is 3.69. The van der Waals surface area contributed by atoms with E-state index in [1.165, 1.54) is 17.2 Å². The molecule has 0 bridgehead atoms. The molecule has 7 heteroatoms. The summed E-state index contributed by atoms with van der Waals surface area (Å²) in [7, 11) is 1.70. The highest BCUT2D eigenvalue weighted by Gasteiger charge is 2.20. The van der Waals surface area contributed by atoms with Crippen LogP contribution in [0.5, 0.6) is 0 Å². The Bertz CT molecular complexity index is 613. The Labute approximate surface area is 139 Å². The molecule has 0 unspecified atom stereocenters. The number of piperazine rings is 1. The molecule has 0 atom stereocenters. The molecule has 1 aliphatic rings. The highest BCUT2D eigenvalue weighted by Crippen LogP contribution is 2.24. The van der Waals surface area contributed by atoms with Gasteiger partial charge in [-0.1, -0.05) is 17.7 Å². The fourth-order valence-corrected chi connectivity index (χ4v) is 3.44. The van der Waals surface area contributed by atoms with Crippen molar-refractivity contribution in [1.82, 2.24) is 9.36 Å². The minimum absolute atomic E-state index is 0.665. The first-order valence-electron chi connectivity index (χ1n) is 7.33. The number of halogens is 1. The maximum absolute atomic E-state index is 6.07. The van der Waals surface area contributed by atoms with Crippen LogP contribution in [0.3, 0.4) is 0 Å². The molecule has 5 nitrogen and oxygen atoms in total. The first-order chi connectivity index (χ1) is 10.8. The first kappa shape index (κ1) is 15.5. The van der Waals surface area contributed by atoms with E-state index in [0.717, 1.165) is 48.6 Å². The second-order valence-electron chi connectivity index (χ2n) is 5.19. The Kier molecular flexibility index (Phi) is 5.12. The summed E-state index contributed by atoms with van der Waals surface area (Å²) in [5, 5.41) is 1.80. The fraction of sp³-hybridized carbons (Fsp3) is 0.467. The summed E-state index contributed by atoms with van der Waals surface area (Å²) < 4.78 is 9.46. The van der Waals surface area contributed by atoms with Crippen molar-refractivity contribution in [3.63, 3.8) is 0 Å². The van der Waals surface area contributed by atoms with E-state index in [2.05, 4.69) is 25.2 Å². The fourth-order valence-electron chi connectivity index (χ4n) is 2.50. The topological polar surface area (TPSA) is 41.5 Å². The lowest BCUT2D eigenvalue weighted by molar-refractivity contribution is 0.201. The molecule has 22 heavy (non-hydrogen) atoms. The van der Waals surface area contributed by atoms with E-state index in [-0.39, 0.29) is 0 Å². The monoisotopic (exact) mass is 338 g/mol. The SMILES string of the molecule is COCCc1nsc(N2CCN(c3cccc(Cl)c3)CC2)n1. The molecule has 0 amide bonds. The van der Waals surface area contributed by atoms with Gasteiger partial charge in [-0.3, -0.25) is 0 Å². The number of benzene rings is 1. The minimum atomic E-state index is 0.665. The molecule has 0 aliphatic carbocycles. The van der Waals surface area contributed by atoms with Gasteiger partial charge in [-0.2, -0.15) is 4.37 Å². The molecule has 1 aromatic heterocycles. The van der Waals surface area contributed by atoms with Gasteiger partial charge in [0.2, 0.25) is 5.13 Å². The Morgan fingerprint density at radius 1 is 1.23 bits per heavy atom. The molecule has 0 spiro atoms. The van der Waals surface area contributed by atoms with Gasteiger partial charge in [0.25, 0.3) is 0 Å². The molecule has 1 saturated heterocycles. The third-order valence-corrected chi connectivity index (χ3v) is 4.76. The zero-order valence-corrected chi connectivity index (χ0v) is 14.1. The lowest BCUT2D eigenvalue weighted by atomic mass is 10.2. The first-order valence-corrected chi connectivity index (χ1v) is 8.48. The Morgan fingerprint density at radius 3 is 2.73 bits per heavy atom. The van der Waals surface area contributed by atoms with Crippen LogP contribution in [0.15, 0.2) is 24.3 Å². The molecule has 118 valence electrons. The van der Waals surface area contributed by atoms with Crippen molar-refractivity contribution >= 4 is 34.0 Å². The molecule has 0 saturated carbocycles. The van der Waals surface area contributed by atoms with Crippen molar-refractivity contribution in [2.24, 2.45) is 0 Å². The van der Waals surface area contributed by atoms with E-state index in [1.807, 2.05) is 18.2 Å². The van der Waals surface area contributed by atoms with Gasteiger partial charge in [-0.15, -0.1) is 0 Å². The smallest absolute Gasteiger partial charge is 0.205 e. The van der Waals surface area contributed by atoms with Gasteiger partial charge in [0.15, 0.2) is 0 Å². The molecule has 2 heterocycles. The van der Waals surface area contributed by atoms with Gasteiger partial charge in [-0.25, -0.2) is 4.98 Å². The minimum Gasteiger partial charge on any atom is -0.384 e. The van der Waals surface area contributed by atoms with Crippen molar-refractivity contribution in [2.45, 2.75) is 6.42 Å². The van der Waals surface area contributed by atoms with Gasteiger partial charge in [-0.05, 0) is 18.2 Å². The zero-order valence-electron chi connectivity index (χ0n) is 12.5. The third-order valence-electron chi connectivity index (χ3n) is 3.71. The van der Waals surface area contributed by atoms with Crippen LogP contribution in [-0.4, -0.2) is 49.3 Å². The van der Waals surface area contributed by atoms with Crippen molar-refractivity contribution in [3.05, 3.63) is 35.1 Å². The Morgan fingerprint density at radius 2 is 2.00 bits per heavy atom. The normalized spacial score (nSPS) is 15.4. The maximum atomic E-state index is 6.07. The van der Waals surface area contributed by atoms with E-state index in [9.17, 15) is 0 Å². The number of hydrogen-bond acceptors (Lipinski definition) is 6. The van der Waals surface area contributed by atoms with Crippen LogP contribution < -0.4 is 9.80 Å². The van der Waals surface area contributed by atoms with E-state index in [4.69, 9.17) is 16.3 Å². The molecule has 3 rings (SSSR count). The largest absolute Gasteiger partial charge is 0.384 e. The number of rotatable bonds is 5. The highest BCUT2D eigenvalue weighted by atomic mass is 35.5. The van der Waals surface area contributed by atoms with E-state index >= 15 is 0 Å². The summed E-state index contributed by atoms with van der Waals surface area (Å²) >= 11 is 7.54. The molecule has 1 aliphatic heterocycles. The van der Waals surface area contributed by atoms with E-state index in [1.54, 1.807) is 7.11 Å². The predicted molar refractivity (Wildman–Crippen MR) is 91.4 cm³/mol. The molecule has 1 fully saturated rings. The van der Waals surface area contributed by atoms with Crippen LogP contribution in [0, 0.1) is 0 Å². The van der Waals surface area contributed by atoms with Gasteiger partial charge in [0, 0.05) is 62.0 Å². The molecule has 0 radical (unpaired) electrons. The van der Waals surface area contributed by atoms with E-state index in [0.29, 0.717) is 6.61 Å². The van der Waals surface area contributed by atoms with Crippen molar-refractivity contribution < 1.29 is 4.74 Å². The van der Waals surface area contributed by atoms with Gasteiger partial charge in [0.1, 0.15) is 5.82 Å². The summed E-state index contributed by atoms with van der Waals surface area (Å²) in [6, 6.07) is 8.03. The number of ether oxygens (including phenoxy) is 1. The van der Waals surface area contributed by atoms with Crippen LogP contribution in [0.1, 0.15) is 5.82 Å². The molecule has 1 aromatic carbocycles. The Balaban J connectivity index is 1.58. The van der Waals surface area contributed by atoms with Crippen molar-refractivity contribution in [3.8, 4) is 0 Å². The number of anilines is 2. The molecule has 2 aromatic rings. The van der Waals surface area contributed by atoms with Crippen LogP contribution in [0.4, 0.5) is 10.8 Å². The van der Waals surface area contributed by atoms with Gasteiger partial charge in [0.05, 0.1) is 6.61 Å². The zero-order chi connectivity index (χ0) is 15.4.